The van der Waals surface area contributed by atoms with Crippen LogP contribution in [0.2, 0.25) is 0 Å². The van der Waals surface area contributed by atoms with E-state index in [4.69, 9.17) is 16.2 Å². The third-order valence-corrected chi connectivity index (χ3v) is 2.45. The Morgan fingerprint density at radius 2 is 2.00 bits per heavy atom. The number of rotatable bonds is 5. The summed E-state index contributed by atoms with van der Waals surface area (Å²) >= 11 is 0. The predicted octanol–water partition coefficient (Wildman–Crippen LogP) is 2.45. The summed E-state index contributed by atoms with van der Waals surface area (Å²) in [6.07, 6.45) is -3.82. The molecule has 0 aliphatic carbocycles. The lowest BCUT2D eigenvalue weighted by Crippen LogP contribution is -2.21. The van der Waals surface area contributed by atoms with Gasteiger partial charge in [0.25, 0.3) is 0 Å². The molecule has 0 radical (unpaired) electrons. The van der Waals surface area contributed by atoms with Crippen LogP contribution >= 0.6 is 0 Å². The number of halogens is 3. The van der Waals surface area contributed by atoms with Crippen LogP contribution in [0.5, 0.6) is 5.75 Å². The summed E-state index contributed by atoms with van der Waals surface area (Å²) in [5, 5.41) is 0. The van der Waals surface area contributed by atoms with Crippen LogP contribution in [0.4, 0.5) is 13.2 Å². The maximum absolute atomic E-state index is 12.9. The Hall–Kier alpha value is -1.27. The Labute approximate surface area is 104 Å². The molecule has 0 aliphatic rings. The van der Waals surface area contributed by atoms with E-state index in [2.05, 4.69) is 0 Å². The van der Waals surface area contributed by atoms with Crippen LogP contribution in [-0.2, 0) is 6.18 Å². The number of hydrogen-bond donors (Lipinski definition) is 2. The van der Waals surface area contributed by atoms with E-state index in [1.165, 1.54) is 12.1 Å². The van der Waals surface area contributed by atoms with Crippen molar-refractivity contribution in [2.24, 2.45) is 11.5 Å². The van der Waals surface area contributed by atoms with Crippen LogP contribution < -0.4 is 16.2 Å². The molecule has 0 fully saturated rings. The lowest BCUT2D eigenvalue weighted by atomic mass is 10.0. The highest BCUT2D eigenvalue weighted by atomic mass is 19.4. The molecule has 1 aromatic carbocycles. The lowest BCUT2D eigenvalue weighted by Gasteiger charge is -2.17. The molecule has 1 aromatic rings. The van der Waals surface area contributed by atoms with Gasteiger partial charge in [0.2, 0.25) is 0 Å². The summed E-state index contributed by atoms with van der Waals surface area (Å²) in [5.74, 6) is -0.169. The third kappa shape index (κ3) is 3.61. The first-order valence-electron chi connectivity index (χ1n) is 5.69. The van der Waals surface area contributed by atoms with Crippen molar-refractivity contribution in [3.05, 3.63) is 29.3 Å². The Morgan fingerprint density at radius 3 is 2.50 bits per heavy atom. The van der Waals surface area contributed by atoms with E-state index in [-0.39, 0.29) is 18.9 Å². The van der Waals surface area contributed by atoms with Gasteiger partial charge in [-0.05, 0) is 24.1 Å². The quantitative estimate of drug-likeness (QED) is 0.856. The Kier molecular flexibility index (Phi) is 4.98. The fourth-order valence-corrected chi connectivity index (χ4v) is 1.47. The van der Waals surface area contributed by atoms with E-state index in [1.807, 2.05) is 6.92 Å². The monoisotopic (exact) mass is 262 g/mol. The second kappa shape index (κ2) is 6.06. The molecule has 0 aliphatic heterocycles. The van der Waals surface area contributed by atoms with Gasteiger partial charge < -0.3 is 16.2 Å². The van der Waals surface area contributed by atoms with Crippen molar-refractivity contribution < 1.29 is 17.9 Å². The molecule has 18 heavy (non-hydrogen) atoms. The molecule has 0 bridgehead atoms. The van der Waals surface area contributed by atoms with E-state index >= 15 is 0 Å². The van der Waals surface area contributed by atoms with E-state index in [9.17, 15) is 13.2 Å². The van der Waals surface area contributed by atoms with Crippen LogP contribution in [0.25, 0.3) is 0 Å². The van der Waals surface area contributed by atoms with Crippen LogP contribution in [0.3, 0.4) is 0 Å². The lowest BCUT2D eigenvalue weighted by molar-refractivity contribution is -0.139. The first kappa shape index (κ1) is 14.8. The summed E-state index contributed by atoms with van der Waals surface area (Å²) in [7, 11) is 0. The largest absolute Gasteiger partial charge is 0.493 e. The van der Waals surface area contributed by atoms with Gasteiger partial charge in [-0.15, -0.1) is 0 Å². The molecular formula is C12H17F3N2O. The SMILES string of the molecule is CCCOc1ccc(C(N)CN)cc1C(F)(F)F. The van der Waals surface area contributed by atoms with Gasteiger partial charge in [-0.2, -0.15) is 13.2 Å². The molecule has 4 N–H and O–H groups in total. The van der Waals surface area contributed by atoms with E-state index < -0.39 is 17.8 Å². The second-order valence-corrected chi connectivity index (χ2v) is 3.94. The highest BCUT2D eigenvalue weighted by Gasteiger charge is 2.35. The number of benzene rings is 1. The van der Waals surface area contributed by atoms with Crippen molar-refractivity contribution in [3.8, 4) is 5.75 Å². The maximum Gasteiger partial charge on any atom is 0.419 e. The number of hydrogen-bond acceptors (Lipinski definition) is 3. The molecule has 0 aromatic heterocycles. The van der Waals surface area contributed by atoms with Gasteiger partial charge in [0.15, 0.2) is 0 Å². The van der Waals surface area contributed by atoms with Crippen LogP contribution in [0, 0.1) is 0 Å². The van der Waals surface area contributed by atoms with Gasteiger partial charge in [-0.3, -0.25) is 0 Å². The normalized spacial score (nSPS) is 13.4. The zero-order valence-corrected chi connectivity index (χ0v) is 10.1. The fourth-order valence-electron chi connectivity index (χ4n) is 1.47. The molecule has 0 saturated heterocycles. The number of alkyl halides is 3. The molecule has 1 rings (SSSR count). The van der Waals surface area contributed by atoms with Gasteiger partial charge in [0.05, 0.1) is 12.2 Å². The van der Waals surface area contributed by atoms with E-state index in [1.54, 1.807) is 0 Å². The Balaban J connectivity index is 3.12. The summed E-state index contributed by atoms with van der Waals surface area (Å²) < 4.78 is 43.7. The standard InChI is InChI=1S/C12H17F3N2O/c1-2-5-18-11-4-3-8(10(17)7-16)6-9(11)12(13,14)15/h3-4,6,10H,2,5,7,16-17H2,1H3. The van der Waals surface area contributed by atoms with Crippen molar-refractivity contribution in [2.75, 3.05) is 13.2 Å². The van der Waals surface area contributed by atoms with Crippen molar-refractivity contribution in [2.45, 2.75) is 25.6 Å². The molecule has 0 amide bonds. The molecule has 6 heteroatoms. The number of ether oxygens (including phenoxy) is 1. The van der Waals surface area contributed by atoms with E-state index in [0.29, 0.717) is 12.0 Å². The minimum absolute atomic E-state index is 0.0897. The van der Waals surface area contributed by atoms with Gasteiger partial charge in [0, 0.05) is 12.6 Å². The zero-order valence-electron chi connectivity index (χ0n) is 10.1. The summed E-state index contributed by atoms with van der Waals surface area (Å²) in [6, 6.07) is 3.20. The third-order valence-electron chi connectivity index (χ3n) is 2.45. The smallest absolute Gasteiger partial charge is 0.419 e. The minimum atomic E-state index is -4.46. The van der Waals surface area contributed by atoms with Crippen molar-refractivity contribution in [1.29, 1.82) is 0 Å². The maximum atomic E-state index is 12.9. The van der Waals surface area contributed by atoms with Gasteiger partial charge in [-0.1, -0.05) is 13.0 Å². The van der Waals surface area contributed by atoms with Crippen LogP contribution in [0.15, 0.2) is 18.2 Å². The van der Waals surface area contributed by atoms with Crippen molar-refractivity contribution >= 4 is 0 Å². The molecule has 0 saturated carbocycles. The summed E-state index contributed by atoms with van der Waals surface area (Å²) in [4.78, 5) is 0. The second-order valence-electron chi connectivity index (χ2n) is 3.94. The first-order valence-corrected chi connectivity index (χ1v) is 5.69. The average molecular weight is 262 g/mol. The van der Waals surface area contributed by atoms with Crippen molar-refractivity contribution in [1.82, 2.24) is 0 Å². The summed E-state index contributed by atoms with van der Waals surface area (Å²) in [6.45, 7) is 2.16. The summed E-state index contributed by atoms with van der Waals surface area (Å²) in [5.41, 5.74) is 10.5. The highest BCUT2D eigenvalue weighted by molar-refractivity contribution is 5.40. The fraction of sp³-hybridized carbons (Fsp3) is 0.500. The van der Waals surface area contributed by atoms with Crippen LogP contribution in [-0.4, -0.2) is 13.2 Å². The molecule has 102 valence electrons. The Bertz CT molecular complexity index is 393. The molecule has 0 spiro atoms. The van der Waals surface area contributed by atoms with Crippen LogP contribution in [0.1, 0.15) is 30.5 Å². The number of nitrogens with two attached hydrogens (primary N) is 2. The first-order chi connectivity index (χ1) is 8.40. The topological polar surface area (TPSA) is 61.3 Å². The zero-order chi connectivity index (χ0) is 13.8. The molecular weight excluding hydrogens is 245 g/mol. The Morgan fingerprint density at radius 1 is 1.33 bits per heavy atom. The predicted molar refractivity (Wildman–Crippen MR) is 63.2 cm³/mol. The minimum Gasteiger partial charge on any atom is -0.493 e. The van der Waals surface area contributed by atoms with Crippen molar-refractivity contribution in [3.63, 3.8) is 0 Å². The molecule has 1 unspecified atom stereocenters. The van der Waals surface area contributed by atoms with E-state index in [0.717, 1.165) is 6.07 Å². The highest BCUT2D eigenvalue weighted by Crippen LogP contribution is 2.37. The molecule has 1 atom stereocenters. The molecule has 0 heterocycles. The average Bonchev–Trinajstić information content (AvgIpc) is 2.34. The van der Waals surface area contributed by atoms with Gasteiger partial charge in [-0.25, -0.2) is 0 Å². The van der Waals surface area contributed by atoms with Gasteiger partial charge in [0.1, 0.15) is 5.75 Å². The molecule has 3 nitrogen and oxygen atoms in total. The van der Waals surface area contributed by atoms with Gasteiger partial charge >= 0.3 is 6.18 Å².